The van der Waals surface area contributed by atoms with E-state index in [1.165, 1.54) is 5.57 Å². The normalized spacial score (nSPS) is 23.7. The van der Waals surface area contributed by atoms with Crippen LogP contribution in [-0.2, 0) is 0 Å². The Morgan fingerprint density at radius 1 is 1.16 bits per heavy atom. The van der Waals surface area contributed by atoms with Crippen LogP contribution in [0.25, 0.3) is 0 Å². The molecule has 130 valence electrons. The summed E-state index contributed by atoms with van der Waals surface area (Å²) >= 11 is 0. The summed E-state index contributed by atoms with van der Waals surface area (Å²) in [7, 11) is 0. The zero-order valence-electron chi connectivity index (χ0n) is 15.5. The van der Waals surface area contributed by atoms with Gasteiger partial charge < -0.3 is 5.11 Å². The molecule has 0 aromatic heterocycles. The second kappa shape index (κ2) is 5.92. The van der Waals surface area contributed by atoms with E-state index in [-0.39, 0.29) is 22.3 Å². The van der Waals surface area contributed by atoms with Crippen LogP contribution in [0.3, 0.4) is 0 Å². The van der Waals surface area contributed by atoms with Crippen LogP contribution in [-0.4, -0.2) is 11.1 Å². The van der Waals surface area contributed by atoms with Crippen LogP contribution in [0.2, 0.25) is 0 Å². The molecule has 0 fully saturated rings. The molecule has 2 aliphatic carbocycles. The number of terminal acetylenes is 1. The minimum absolute atomic E-state index is 0.0459. The molecule has 1 aromatic carbocycles. The Hall–Kier alpha value is -2.27. The average molecular weight is 334 g/mol. The molecule has 0 radical (unpaired) electrons. The number of hydrogen-bond acceptors (Lipinski definition) is 1. The second-order valence-corrected chi connectivity index (χ2v) is 8.39. The Labute approximate surface area is 150 Å². The monoisotopic (exact) mass is 334 g/mol. The largest absolute Gasteiger partial charge is 0.478 e. The third kappa shape index (κ3) is 2.93. The Bertz CT molecular complexity index is 828. The van der Waals surface area contributed by atoms with Gasteiger partial charge in [-0.25, -0.2) is 4.79 Å². The lowest BCUT2D eigenvalue weighted by Gasteiger charge is -2.44. The van der Waals surface area contributed by atoms with E-state index >= 15 is 0 Å². The van der Waals surface area contributed by atoms with E-state index in [2.05, 4.69) is 45.8 Å². The number of rotatable bonds is 2. The van der Waals surface area contributed by atoms with E-state index in [1.807, 2.05) is 12.1 Å². The van der Waals surface area contributed by atoms with E-state index in [1.54, 1.807) is 11.6 Å². The van der Waals surface area contributed by atoms with Gasteiger partial charge in [0.05, 0.1) is 5.56 Å². The van der Waals surface area contributed by atoms with Crippen LogP contribution in [0.15, 0.2) is 41.5 Å². The van der Waals surface area contributed by atoms with Gasteiger partial charge in [-0.3, -0.25) is 0 Å². The van der Waals surface area contributed by atoms with Gasteiger partial charge in [0.1, 0.15) is 0 Å². The quantitative estimate of drug-likeness (QED) is 0.568. The average Bonchev–Trinajstić information content (AvgIpc) is 2.58. The Balaban J connectivity index is 2.05. The molecular weight excluding hydrogens is 308 g/mol. The van der Waals surface area contributed by atoms with Gasteiger partial charge in [-0.15, -0.1) is 6.42 Å². The number of hydrogen-bond donors (Lipinski definition) is 1. The first-order valence-electron chi connectivity index (χ1n) is 8.93. The summed E-state index contributed by atoms with van der Waals surface area (Å²) in [5, 5.41) is 9.44. The molecule has 0 heterocycles. The van der Waals surface area contributed by atoms with E-state index in [9.17, 15) is 9.90 Å². The predicted molar refractivity (Wildman–Crippen MR) is 102 cm³/mol. The van der Waals surface area contributed by atoms with Crippen LogP contribution in [0.4, 0.5) is 0 Å². The van der Waals surface area contributed by atoms with Gasteiger partial charge >= 0.3 is 5.97 Å². The molecule has 0 amide bonds. The molecule has 0 saturated heterocycles. The summed E-state index contributed by atoms with van der Waals surface area (Å²) in [6.07, 6.45) is 13.4. The van der Waals surface area contributed by atoms with Crippen molar-refractivity contribution < 1.29 is 9.90 Å². The molecule has 0 aliphatic heterocycles. The highest BCUT2D eigenvalue weighted by Crippen LogP contribution is 2.53. The number of benzene rings is 1. The Morgan fingerprint density at radius 2 is 1.80 bits per heavy atom. The molecule has 1 aromatic rings. The Kier molecular flexibility index (Phi) is 4.15. The fourth-order valence-electron chi connectivity index (χ4n) is 4.44. The smallest absolute Gasteiger partial charge is 0.336 e. The number of carbonyl (C=O) groups is 1. The zero-order chi connectivity index (χ0) is 18.4. The second-order valence-electron chi connectivity index (χ2n) is 8.39. The van der Waals surface area contributed by atoms with Crippen LogP contribution >= 0.6 is 0 Å². The lowest BCUT2D eigenvalue weighted by molar-refractivity contribution is 0.0696. The van der Waals surface area contributed by atoms with Gasteiger partial charge in [-0.05, 0) is 36.8 Å². The summed E-state index contributed by atoms with van der Waals surface area (Å²) in [6.45, 7) is 9.11. The molecule has 2 nitrogen and oxygen atoms in total. The maximum atomic E-state index is 11.5. The SMILES string of the molecule is C#Cc1c(C(=O)O)cccc1C1CCC2=C(C1)C(C)(C)C=CC2(C)C. The van der Waals surface area contributed by atoms with Crippen LogP contribution in [0.1, 0.15) is 74.4 Å². The van der Waals surface area contributed by atoms with Gasteiger partial charge in [-0.1, -0.05) is 69.0 Å². The van der Waals surface area contributed by atoms with Gasteiger partial charge in [-0.2, -0.15) is 0 Å². The lowest BCUT2D eigenvalue weighted by atomic mass is 9.61. The maximum Gasteiger partial charge on any atom is 0.336 e. The maximum absolute atomic E-state index is 11.5. The third-order valence-electron chi connectivity index (χ3n) is 5.94. The standard InChI is InChI=1S/C23H26O2/c1-6-16-17(8-7-9-18(16)21(24)25)15-10-11-19-20(14-15)23(4,5)13-12-22(19,2)3/h1,7-9,12-13,15H,10-11,14H2,2-5H3,(H,24,25). The molecule has 0 bridgehead atoms. The minimum atomic E-state index is -0.951. The zero-order valence-corrected chi connectivity index (χ0v) is 15.5. The molecule has 1 unspecified atom stereocenters. The summed E-state index contributed by atoms with van der Waals surface area (Å²) in [5.41, 5.74) is 5.00. The molecule has 2 heteroatoms. The fraction of sp³-hybridized carbons (Fsp3) is 0.435. The van der Waals surface area contributed by atoms with Crippen molar-refractivity contribution in [2.45, 2.75) is 52.9 Å². The highest BCUT2D eigenvalue weighted by atomic mass is 16.4. The van der Waals surface area contributed by atoms with E-state index in [0.717, 1.165) is 24.8 Å². The molecule has 0 saturated carbocycles. The number of carboxylic acid groups (broad SMARTS) is 1. The van der Waals surface area contributed by atoms with Crippen molar-refractivity contribution in [1.82, 2.24) is 0 Å². The predicted octanol–water partition coefficient (Wildman–Crippen LogP) is 5.55. The minimum Gasteiger partial charge on any atom is -0.478 e. The molecule has 1 N–H and O–H groups in total. The van der Waals surface area contributed by atoms with Crippen LogP contribution < -0.4 is 0 Å². The van der Waals surface area contributed by atoms with Crippen molar-refractivity contribution in [1.29, 1.82) is 0 Å². The van der Waals surface area contributed by atoms with Gasteiger partial charge in [0.15, 0.2) is 0 Å². The molecule has 1 atom stereocenters. The van der Waals surface area contributed by atoms with Crippen molar-refractivity contribution in [3.8, 4) is 12.3 Å². The van der Waals surface area contributed by atoms with E-state index < -0.39 is 5.97 Å². The molecule has 2 aliphatic rings. The third-order valence-corrected chi connectivity index (χ3v) is 5.94. The Morgan fingerprint density at radius 3 is 2.40 bits per heavy atom. The van der Waals surface area contributed by atoms with Gasteiger partial charge in [0.25, 0.3) is 0 Å². The van der Waals surface area contributed by atoms with Gasteiger partial charge in [0, 0.05) is 16.4 Å². The molecule has 25 heavy (non-hydrogen) atoms. The summed E-state index contributed by atoms with van der Waals surface area (Å²) in [4.78, 5) is 11.5. The topological polar surface area (TPSA) is 37.3 Å². The van der Waals surface area contributed by atoms with Crippen molar-refractivity contribution in [2.24, 2.45) is 10.8 Å². The van der Waals surface area contributed by atoms with Crippen molar-refractivity contribution in [3.05, 3.63) is 58.2 Å². The first kappa shape index (κ1) is 17.5. The van der Waals surface area contributed by atoms with Crippen molar-refractivity contribution in [3.63, 3.8) is 0 Å². The molecule has 0 spiro atoms. The highest BCUT2D eigenvalue weighted by Gasteiger charge is 2.39. The number of allylic oxidation sites excluding steroid dienone is 4. The van der Waals surface area contributed by atoms with Crippen molar-refractivity contribution in [2.75, 3.05) is 0 Å². The fourth-order valence-corrected chi connectivity index (χ4v) is 4.44. The number of carboxylic acids is 1. The van der Waals surface area contributed by atoms with Crippen LogP contribution in [0.5, 0.6) is 0 Å². The highest BCUT2D eigenvalue weighted by molar-refractivity contribution is 5.91. The summed E-state index contributed by atoms with van der Waals surface area (Å²) < 4.78 is 0. The molecule has 3 rings (SSSR count). The van der Waals surface area contributed by atoms with Crippen LogP contribution in [0, 0.1) is 23.2 Å². The first-order chi connectivity index (χ1) is 11.7. The number of aromatic carboxylic acids is 1. The first-order valence-corrected chi connectivity index (χ1v) is 8.93. The lowest BCUT2D eigenvalue weighted by Crippen LogP contribution is -2.30. The van der Waals surface area contributed by atoms with Crippen molar-refractivity contribution >= 4 is 5.97 Å². The van der Waals surface area contributed by atoms with E-state index in [0.29, 0.717) is 5.56 Å². The van der Waals surface area contributed by atoms with E-state index in [4.69, 9.17) is 6.42 Å². The molecular formula is C23H26O2. The summed E-state index contributed by atoms with van der Waals surface area (Å²) in [5.74, 6) is 1.97. The van der Waals surface area contributed by atoms with Gasteiger partial charge in [0.2, 0.25) is 0 Å². The summed E-state index contributed by atoms with van der Waals surface area (Å²) in [6, 6.07) is 5.43.